The molecule has 0 saturated heterocycles. The molecule has 0 bridgehead atoms. The lowest BCUT2D eigenvalue weighted by molar-refractivity contribution is 0.700. The maximum absolute atomic E-state index is 3.43. The van der Waals surface area contributed by atoms with Gasteiger partial charge in [0.05, 0.1) is 5.41 Å². The van der Waals surface area contributed by atoms with Gasteiger partial charge in [0, 0.05) is 29.7 Å². The van der Waals surface area contributed by atoms with Crippen LogP contribution < -0.4 is 0 Å². The third-order valence-electron chi connectivity index (χ3n) is 3.86. The van der Waals surface area contributed by atoms with Crippen LogP contribution in [0.4, 0.5) is 0 Å². The molecule has 0 unspecified atom stereocenters. The Morgan fingerprint density at radius 3 is 2.33 bits per heavy atom. The molecule has 3 aromatic rings. The van der Waals surface area contributed by atoms with Crippen molar-refractivity contribution in [3.8, 4) is 11.8 Å². The minimum absolute atomic E-state index is 0.184. The fourth-order valence-electron chi connectivity index (χ4n) is 2.66. The van der Waals surface area contributed by atoms with Crippen molar-refractivity contribution in [2.45, 2.75) is 19.3 Å². The normalized spacial score (nSPS) is 11.2. The third kappa shape index (κ3) is 2.58. The molecule has 0 atom stereocenters. The zero-order valence-electron chi connectivity index (χ0n) is 12.7. The van der Waals surface area contributed by atoms with Crippen molar-refractivity contribution < 1.29 is 0 Å². The minimum atomic E-state index is -0.184. The summed E-state index contributed by atoms with van der Waals surface area (Å²) in [6.07, 6.45) is 2.20. The van der Waals surface area contributed by atoms with Crippen LogP contribution in [0, 0.1) is 11.8 Å². The topological polar surface area (TPSA) is 4.93 Å². The smallest absolute Gasteiger partial charge is 0.0531 e. The van der Waals surface area contributed by atoms with E-state index in [1.54, 1.807) is 0 Å². The average molecular weight is 273 g/mol. The lowest BCUT2D eigenvalue weighted by Crippen LogP contribution is -2.13. The first kappa shape index (κ1) is 13.5. The van der Waals surface area contributed by atoms with Gasteiger partial charge in [-0.05, 0) is 37.6 Å². The van der Waals surface area contributed by atoms with Crippen LogP contribution in [0.5, 0.6) is 0 Å². The van der Waals surface area contributed by atoms with Crippen LogP contribution in [-0.2, 0) is 12.5 Å². The standard InChI is InChI=1S/C20H19N/c1-20(2,14-13-16-9-5-4-6-10-16)18-15-21(3)19-12-8-7-11-17(18)19/h4-12,15H,1-3H3. The Labute approximate surface area is 126 Å². The number of hydrogen-bond acceptors (Lipinski definition) is 0. The van der Waals surface area contributed by atoms with E-state index < -0.39 is 0 Å². The van der Waals surface area contributed by atoms with E-state index in [-0.39, 0.29) is 5.41 Å². The fourth-order valence-corrected chi connectivity index (χ4v) is 2.66. The second-order valence-corrected chi connectivity index (χ2v) is 5.91. The van der Waals surface area contributed by atoms with E-state index in [4.69, 9.17) is 0 Å². The molecule has 0 radical (unpaired) electrons. The molecule has 1 heterocycles. The fraction of sp³-hybridized carbons (Fsp3) is 0.200. The lowest BCUT2D eigenvalue weighted by atomic mass is 9.85. The van der Waals surface area contributed by atoms with Gasteiger partial charge in [-0.25, -0.2) is 0 Å². The molecule has 0 spiro atoms. The Bertz CT molecular complexity index is 826. The molecule has 21 heavy (non-hydrogen) atoms. The van der Waals surface area contributed by atoms with Crippen LogP contribution in [0.3, 0.4) is 0 Å². The summed E-state index contributed by atoms with van der Waals surface area (Å²) in [5.41, 5.74) is 3.41. The molecule has 0 fully saturated rings. The zero-order valence-corrected chi connectivity index (χ0v) is 12.7. The minimum Gasteiger partial charge on any atom is -0.350 e. The highest BCUT2D eigenvalue weighted by atomic mass is 14.9. The number of rotatable bonds is 1. The van der Waals surface area contributed by atoms with Crippen molar-refractivity contribution in [3.63, 3.8) is 0 Å². The Balaban J connectivity index is 2.07. The Kier molecular flexibility index (Phi) is 3.31. The quantitative estimate of drug-likeness (QED) is 0.575. The molecule has 1 nitrogen and oxygen atoms in total. The summed E-state index contributed by atoms with van der Waals surface area (Å²) in [7, 11) is 2.09. The van der Waals surface area contributed by atoms with Crippen molar-refractivity contribution in [2.24, 2.45) is 7.05 Å². The average Bonchev–Trinajstić information content (AvgIpc) is 2.85. The van der Waals surface area contributed by atoms with Gasteiger partial charge in [-0.1, -0.05) is 48.2 Å². The highest BCUT2D eigenvalue weighted by molar-refractivity contribution is 5.85. The molecular formula is C20H19N. The van der Waals surface area contributed by atoms with Crippen LogP contribution in [0.15, 0.2) is 60.8 Å². The Morgan fingerprint density at radius 1 is 0.905 bits per heavy atom. The second kappa shape index (κ2) is 5.14. The molecule has 0 aliphatic heterocycles. The van der Waals surface area contributed by atoms with Gasteiger partial charge in [0.25, 0.3) is 0 Å². The van der Waals surface area contributed by atoms with Gasteiger partial charge in [0.1, 0.15) is 0 Å². The second-order valence-electron chi connectivity index (χ2n) is 5.91. The van der Waals surface area contributed by atoms with Gasteiger partial charge >= 0.3 is 0 Å². The van der Waals surface area contributed by atoms with Gasteiger partial charge in [0.2, 0.25) is 0 Å². The zero-order chi connectivity index (χ0) is 14.9. The maximum Gasteiger partial charge on any atom is 0.0531 e. The van der Waals surface area contributed by atoms with Crippen molar-refractivity contribution in [1.29, 1.82) is 0 Å². The molecule has 0 aliphatic rings. The molecule has 104 valence electrons. The number of benzene rings is 2. The first-order chi connectivity index (χ1) is 10.1. The SMILES string of the molecule is Cn1cc(C(C)(C)C#Cc2ccccc2)c2ccccc21. The Hall–Kier alpha value is -2.46. The van der Waals surface area contributed by atoms with E-state index in [1.807, 2.05) is 30.3 Å². The van der Waals surface area contributed by atoms with Crippen molar-refractivity contribution in [2.75, 3.05) is 0 Å². The lowest BCUT2D eigenvalue weighted by Gasteiger charge is -2.17. The van der Waals surface area contributed by atoms with E-state index >= 15 is 0 Å². The van der Waals surface area contributed by atoms with Gasteiger partial charge in [0.15, 0.2) is 0 Å². The van der Waals surface area contributed by atoms with Crippen molar-refractivity contribution >= 4 is 10.9 Å². The van der Waals surface area contributed by atoms with Gasteiger partial charge < -0.3 is 4.57 Å². The van der Waals surface area contributed by atoms with E-state index in [9.17, 15) is 0 Å². The largest absolute Gasteiger partial charge is 0.350 e. The highest BCUT2D eigenvalue weighted by Crippen LogP contribution is 2.31. The van der Waals surface area contributed by atoms with Gasteiger partial charge in [-0.3, -0.25) is 0 Å². The third-order valence-corrected chi connectivity index (χ3v) is 3.86. The molecule has 3 rings (SSSR count). The van der Waals surface area contributed by atoms with Crippen LogP contribution in [0.1, 0.15) is 25.0 Å². The van der Waals surface area contributed by atoms with Crippen LogP contribution in [0.2, 0.25) is 0 Å². The van der Waals surface area contributed by atoms with E-state index in [0.717, 1.165) is 5.56 Å². The molecular weight excluding hydrogens is 254 g/mol. The summed E-state index contributed by atoms with van der Waals surface area (Å²) in [6.45, 7) is 4.37. The number of aryl methyl sites for hydroxylation is 1. The number of para-hydroxylation sites is 1. The summed E-state index contributed by atoms with van der Waals surface area (Å²) in [5.74, 6) is 6.73. The summed E-state index contributed by atoms with van der Waals surface area (Å²) >= 11 is 0. The van der Waals surface area contributed by atoms with E-state index in [2.05, 4.69) is 67.8 Å². The van der Waals surface area contributed by atoms with Crippen LogP contribution in [0.25, 0.3) is 10.9 Å². The van der Waals surface area contributed by atoms with Gasteiger partial charge in [-0.2, -0.15) is 0 Å². The monoisotopic (exact) mass is 273 g/mol. The molecule has 1 aromatic heterocycles. The first-order valence-electron chi connectivity index (χ1n) is 7.21. The summed E-state index contributed by atoms with van der Waals surface area (Å²) in [6, 6.07) is 18.7. The number of hydrogen-bond donors (Lipinski definition) is 0. The first-order valence-corrected chi connectivity index (χ1v) is 7.21. The molecule has 0 N–H and O–H groups in total. The van der Waals surface area contributed by atoms with Gasteiger partial charge in [-0.15, -0.1) is 0 Å². The summed E-state index contributed by atoms with van der Waals surface area (Å²) in [5, 5.41) is 1.28. The van der Waals surface area contributed by atoms with E-state index in [0.29, 0.717) is 0 Å². The predicted octanol–water partition coefficient (Wildman–Crippen LogP) is 4.51. The van der Waals surface area contributed by atoms with Crippen LogP contribution >= 0.6 is 0 Å². The van der Waals surface area contributed by atoms with Crippen LogP contribution in [-0.4, -0.2) is 4.57 Å². The predicted molar refractivity (Wildman–Crippen MR) is 89.3 cm³/mol. The molecule has 2 aromatic carbocycles. The molecule has 1 heteroatoms. The van der Waals surface area contributed by atoms with Crippen molar-refractivity contribution in [3.05, 3.63) is 71.9 Å². The number of fused-ring (bicyclic) bond motifs is 1. The van der Waals surface area contributed by atoms with E-state index in [1.165, 1.54) is 16.5 Å². The molecule has 0 aliphatic carbocycles. The summed E-state index contributed by atoms with van der Waals surface area (Å²) in [4.78, 5) is 0. The Morgan fingerprint density at radius 2 is 1.57 bits per heavy atom. The molecule has 0 saturated carbocycles. The molecule has 0 amide bonds. The maximum atomic E-state index is 3.43. The number of nitrogens with zero attached hydrogens (tertiary/aromatic N) is 1. The van der Waals surface area contributed by atoms with Crippen molar-refractivity contribution in [1.82, 2.24) is 4.57 Å². The summed E-state index contributed by atoms with van der Waals surface area (Å²) < 4.78 is 2.18. The highest BCUT2D eigenvalue weighted by Gasteiger charge is 2.22. The number of aromatic nitrogens is 1.